The van der Waals surface area contributed by atoms with Crippen LogP contribution in [0.5, 0.6) is 5.75 Å². The lowest BCUT2D eigenvalue weighted by Crippen LogP contribution is -2.15. The summed E-state index contributed by atoms with van der Waals surface area (Å²) in [6, 6.07) is 16.9. The van der Waals surface area contributed by atoms with Crippen LogP contribution in [0.15, 0.2) is 54.6 Å². The van der Waals surface area contributed by atoms with Gasteiger partial charge in [0.05, 0.1) is 6.10 Å². The summed E-state index contributed by atoms with van der Waals surface area (Å²) in [6.45, 7) is 0.192. The van der Waals surface area contributed by atoms with Gasteiger partial charge in [0.2, 0.25) is 0 Å². The third-order valence-corrected chi connectivity index (χ3v) is 4.44. The summed E-state index contributed by atoms with van der Waals surface area (Å²) >= 11 is 0. The van der Waals surface area contributed by atoms with E-state index in [1.807, 2.05) is 42.5 Å². The van der Waals surface area contributed by atoms with E-state index in [4.69, 9.17) is 9.47 Å². The Balaban J connectivity index is 1.47. The predicted molar refractivity (Wildman–Crippen MR) is 90.7 cm³/mol. The SMILES string of the molecule is O=C(OCc1ccccc1)Oc1ccc(C[C@@H]2CCC[C@@H]2O)cc1. The second-order valence-corrected chi connectivity index (χ2v) is 6.23. The normalized spacial score (nSPS) is 19.9. The minimum atomic E-state index is -0.710. The highest BCUT2D eigenvalue weighted by atomic mass is 16.7. The molecule has 0 unspecified atom stereocenters. The Labute approximate surface area is 142 Å². The molecular formula is C20H22O4. The first-order chi connectivity index (χ1) is 11.7. The van der Waals surface area contributed by atoms with Crippen molar-refractivity contribution >= 4 is 6.16 Å². The van der Waals surface area contributed by atoms with Crippen molar-refractivity contribution in [3.63, 3.8) is 0 Å². The van der Waals surface area contributed by atoms with Gasteiger partial charge in [0.1, 0.15) is 12.4 Å². The zero-order valence-corrected chi connectivity index (χ0v) is 13.6. The number of aliphatic hydroxyl groups excluding tert-OH is 1. The van der Waals surface area contributed by atoms with E-state index in [9.17, 15) is 9.90 Å². The maximum atomic E-state index is 11.7. The summed E-state index contributed by atoms with van der Waals surface area (Å²) in [5.74, 6) is 0.802. The lowest BCUT2D eigenvalue weighted by molar-refractivity contribution is 0.0927. The Hall–Kier alpha value is -2.33. The molecule has 2 aromatic carbocycles. The van der Waals surface area contributed by atoms with E-state index in [-0.39, 0.29) is 12.7 Å². The smallest absolute Gasteiger partial charge is 0.429 e. The van der Waals surface area contributed by atoms with Gasteiger partial charge in [-0.25, -0.2) is 4.79 Å². The molecular weight excluding hydrogens is 304 g/mol. The summed E-state index contributed by atoms with van der Waals surface area (Å²) < 4.78 is 10.3. The molecule has 1 N–H and O–H groups in total. The van der Waals surface area contributed by atoms with Crippen LogP contribution in [0.1, 0.15) is 30.4 Å². The molecule has 1 aliphatic carbocycles. The zero-order chi connectivity index (χ0) is 16.8. The van der Waals surface area contributed by atoms with Crippen LogP contribution in [0.2, 0.25) is 0 Å². The molecule has 24 heavy (non-hydrogen) atoms. The molecule has 0 radical (unpaired) electrons. The van der Waals surface area contributed by atoms with E-state index in [1.165, 1.54) is 0 Å². The Morgan fingerprint density at radius 1 is 1.00 bits per heavy atom. The molecule has 126 valence electrons. The third kappa shape index (κ3) is 4.59. The lowest BCUT2D eigenvalue weighted by Gasteiger charge is -2.14. The van der Waals surface area contributed by atoms with E-state index in [1.54, 1.807) is 12.1 Å². The van der Waals surface area contributed by atoms with Crippen molar-refractivity contribution in [2.24, 2.45) is 5.92 Å². The van der Waals surface area contributed by atoms with Gasteiger partial charge in [-0.3, -0.25) is 0 Å². The highest BCUT2D eigenvalue weighted by molar-refractivity contribution is 5.63. The van der Waals surface area contributed by atoms with Gasteiger partial charge in [-0.15, -0.1) is 0 Å². The van der Waals surface area contributed by atoms with Crippen molar-refractivity contribution in [2.75, 3.05) is 0 Å². The van der Waals surface area contributed by atoms with E-state index < -0.39 is 6.16 Å². The Kier molecular flexibility index (Phi) is 5.49. The molecule has 1 aliphatic rings. The lowest BCUT2D eigenvalue weighted by atomic mass is 9.96. The number of carbonyl (C=O) groups is 1. The van der Waals surface area contributed by atoms with Crippen molar-refractivity contribution < 1.29 is 19.4 Å². The molecule has 3 rings (SSSR count). The molecule has 0 heterocycles. The second-order valence-electron chi connectivity index (χ2n) is 6.23. The number of hydrogen-bond donors (Lipinski definition) is 1. The van der Waals surface area contributed by atoms with Crippen LogP contribution in [0.4, 0.5) is 4.79 Å². The summed E-state index contributed by atoms with van der Waals surface area (Å²) in [6.07, 6.45) is 3.04. The maximum Gasteiger partial charge on any atom is 0.514 e. The van der Waals surface area contributed by atoms with E-state index >= 15 is 0 Å². The van der Waals surface area contributed by atoms with E-state index in [0.717, 1.165) is 36.8 Å². The predicted octanol–water partition coefficient (Wildman–Crippen LogP) is 4.11. The van der Waals surface area contributed by atoms with Gasteiger partial charge < -0.3 is 14.6 Å². The first-order valence-electron chi connectivity index (χ1n) is 8.36. The summed E-state index contributed by atoms with van der Waals surface area (Å²) in [5.41, 5.74) is 2.06. The van der Waals surface area contributed by atoms with Gasteiger partial charge in [0.15, 0.2) is 0 Å². The fourth-order valence-electron chi connectivity index (χ4n) is 3.09. The number of carbonyl (C=O) groups excluding carboxylic acids is 1. The van der Waals surface area contributed by atoms with Gasteiger partial charge in [-0.2, -0.15) is 0 Å². The largest absolute Gasteiger partial charge is 0.514 e. The molecule has 0 bridgehead atoms. The maximum absolute atomic E-state index is 11.7. The van der Waals surface area contributed by atoms with Gasteiger partial charge >= 0.3 is 6.16 Å². The summed E-state index contributed by atoms with van der Waals surface area (Å²) in [7, 11) is 0. The number of hydrogen-bond acceptors (Lipinski definition) is 4. The van der Waals surface area contributed by atoms with Crippen LogP contribution in [-0.4, -0.2) is 17.4 Å². The minimum absolute atomic E-state index is 0.186. The summed E-state index contributed by atoms with van der Waals surface area (Å²) in [4.78, 5) is 11.7. The van der Waals surface area contributed by atoms with Crippen molar-refractivity contribution in [3.05, 3.63) is 65.7 Å². The topological polar surface area (TPSA) is 55.8 Å². The monoisotopic (exact) mass is 326 g/mol. The van der Waals surface area contributed by atoms with Crippen LogP contribution in [0.3, 0.4) is 0 Å². The van der Waals surface area contributed by atoms with E-state index in [0.29, 0.717) is 11.7 Å². The fraction of sp³-hybridized carbons (Fsp3) is 0.350. The average molecular weight is 326 g/mol. The molecule has 2 atom stereocenters. The minimum Gasteiger partial charge on any atom is -0.429 e. The molecule has 0 amide bonds. The van der Waals surface area contributed by atoms with Crippen molar-refractivity contribution in [1.29, 1.82) is 0 Å². The number of rotatable bonds is 5. The standard InChI is InChI=1S/C20H22O4/c21-19-8-4-7-17(19)13-15-9-11-18(12-10-15)24-20(22)23-14-16-5-2-1-3-6-16/h1-3,5-6,9-12,17,19,21H,4,7-8,13-14H2/t17-,19-/m0/s1. The molecule has 0 aromatic heterocycles. The summed E-state index contributed by atoms with van der Waals surface area (Å²) in [5, 5.41) is 9.89. The van der Waals surface area contributed by atoms with Crippen molar-refractivity contribution in [1.82, 2.24) is 0 Å². The number of benzene rings is 2. The Bertz CT molecular complexity index is 651. The first-order valence-corrected chi connectivity index (χ1v) is 8.36. The Morgan fingerprint density at radius 2 is 1.75 bits per heavy atom. The molecule has 2 aromatic rings. The zero-order valence-electron chi connectivity index (χ0n) is 13.6. The van der Waals surface area contributed by atoms with E-state index in [2.05, 4.69) is 0 Å². The number of aliphatic hydroxyl groups is 1. The van der Waals surface area contributed by atoms with Gasteiger partial charge in [-0.1, -0.05) is 48.9 Å². The molecule has 0 spiro atoms. The molecule has 0 saturated heterocycles. The van der Waals surface area contributed by atoms with Gasteiger partial charge in [0, 0.05) is 0 Å². The third-order valence-electron chi connectivity index (χ3n) is 4.44. The molecule has 4 nitrogen and oxygen atoms in total. The molecule has 1 saturated carbocycles. The number of ether oxygens (including phenoxy) is 2. The highest BCUT2D eigenvalue weighted by Crippen LogP contribution is 2.29. The molecule has 4 heteroatoms. The van der Waals surface area contributed by atoms with Crippen LogP contribution in [-0.2, 0) is 17.8 Å². The molecule has 1 fully saturated rings. The van der Waals surface area contributed by atoms with Crippen molar-refractivity contribution in [2.45, 2.75) is 38.4 Å². The van der Waals surface area contributed by atoms with Crippen LogP contribution in [0.25, 0.3) is 0 Å². The highest BCUT2D eigenvalue weighted by Gasteiger charge is 2.25. The van der Waals surface area contributed by atoms with Crippen LogP contribution >= 0.6 is 0 Å². The second kappa shape index (κ2) is 7.97. The first kappa shape index (κ1) is 16.5. The van der Waals surface area contributed by atoms with Gasteiger partial charge in [-0.05, 0) is 48.4 Å². The van der Waals surface area contributed by atoms with Crippen LogP contribution in [0, 0.1) is 5.92 Å². The van der Waals surface area contributed by atoms with Crippen LogP contribution < -0.4 is 4.74 Å². The fourth-order valence-corrected chi connectivity index (χ4v) is 3.09. The van der Waals surface area contributed by atoms with Gasteiger partial charge in [0.25, 0.3) is 0 Å². The van der Waals surface area contributed by atoms with Crippen molar-refractivity contribution in [3.8, 4) is 5.75 Å². The quantitative estimate of drug-likeness (QED) is 0.664. The molecule has 0 aliphatic heterocycles. The Morgan fingerprint density at radius 3 is 2.42 bits per heavy atom. The average Bonchev–Trinajstić information content (AvgIpc) is 3.01.